The van der Waals surface area contributed by atoms with Gasteiger partial charge in [-0.15, -0.1) is 0 Å². The van der Waals surface area contributed by atoms with E-state index in [1.54, 1.807) is 0 Å². The molecule has 1 unspecified atom stereocenters. The average Bonchev–Trinajstić information content (AvgIpc) is 2.97. The summed E-state index contributed by atoms with van der Waals surface area (Å²) in [5.74, 6) is 0.450. The molecule has 0 saturated heterocycles. The number of fused-ring (bicyclic) bond motifs is 1. The van der Waals surface area contributed by atoms with Gasteiger partial charge in [0.2, 0.25) is 0 Å². The summed E-state index contributed by atoms with van der Waals surface area (Å²) >= 11 is 0. The van der Waals surface area contributed by atoms with Crippen molar-refractivity contribution < 1.29 is 9.53 Å². The molecule has 3 rings (SSSR count). The van der Waals surface area contributed by atoms with Crippen LogP contribution >= 0.6 is 0 Å². The number of amides is 1. The summed E-state index contributed by atoms with van der Waals surface area (Å²) in [5.41, 5.74) is 3.53. The maximum absolute atomic E-state index is 11.7. The zero-order chi connectivity index (χ0) is 15.2. The van der Waals surface area contributed by atoms with Gasteiger partial charge in [-0.3, -0.25) is 0 Å². The smallest absolute Gasteiger partial charge is 0.407 e. The van der Waals surface area contributed by atoms with Gasteiger partial charge in [0.1, 0.15) is 6.61 Å². The van der Waals surface area contributed by atoms with Crippen LogP contribution in [-0.2, 0) is 11.3 Å². The summed E-state index contributed by atoms with van der Waals surface area (Å²) in [6.45, 7) is 1.86. The minimum atomic E-state index is -0.358. The number of carbonyl (C=O) groups excluding carboxylic acids is 1. The molecule has 114 valence electrons. The highest BCUT2D eigenvalue weighted by Gasteiger charge is 2.21. The Morgan fingerprint density at radius 3 is 2.77 bits per heavy atom. The third-order valence-electron chi connectivity index (χ3n) is 3.91. The molecule has 2 aromatic rings. The molecule has 2 N–H and O–H groups in total. The second-order valence-corrected chi connectivity index (χ2v) is 5.44. The van der Waals surface area contributed by atoms with E-state index in [9.17, 15) is 4.79 Å². The number of anilines is 1. The van der Waals surface area contributed by atoms with E-state index in [2.05, 4.69) is 28.8 Å². The first-order valence-electron chi connectivity index (χ1n) is 7.60. The van der Waals surface area contributed by atoms with E-state index >= 15 is 0 Å². The highest BCUT2D eigenvalue weighted by atomic mass is 16.5. The van der Waals surface area contributed by atoms with E-state index in [-0.39, 0.29) is 6.09 Å². The summed E-state index contributed by atoms with van der Waals surface area (Å²) in [6, 6.07) is 18.0. The molecule has 4 nitrogen and oxygen atoms in total. The Labute approximate surface area is 130 Å². The zero-order valence-electron chi connectivity index (χ0n) is 12.4. The Kier molecular flexibility index (Phi) is 4.59. The van der Waals surface area contributed by atoms with Crippen LogP contribution in [0.3, 0.4) is 0 Å². The third-order valence-corrected chi connectivity index (χ3v) is 3.91. The number of carbonyl (C=O) groups is 1. The van der Waals surface area contributed by atoms with Crippen LogP contribution in [0.25, 0.3) is 0 Å². The molecule has 0 bridgehead atoms. The molecule has 0 fully saturated rings. The number of nitrogens with one attached hydrogen (secondary N) is 2. The predicted octanol–water partition coefficient (Wildman–Crippen LogP) is 3.51. The fourth-order valence-corrected chi connectivity index (χ4v) is 2.74. The van der Waals surface area contributed by atoms with Crippen LogP contribution in [0.1, 0.15) is 23.5 Å². The summed E-state index contributed by atoms with van der Waals surface area (Å²) in [5, 5.41) is 6.21. The van der Waals surface area contributed by atoms with Crippen molar-refractivity contribution in [2.75, 3.05) is 18.4 Å². The molecule has 1 amide bonds. The third kappa shape index (κ3) is 3.58. The fraction of sp³-hybridized carbons (Fsp3) is 0.278. The normalized spacial score (nSPS) is 15.7. The molecule has 1 aliphatic rings. The van der Waals surface area contributed by atoms with Crippen molar-refractivity contribution in [3.63, 3.8) is 0 Å². The molecule has 0 spiro atoms. The van der Waals surface area contributed by atoms with E-state index in [1.165, 1.54) is 11.3 Å². The Morgan fingerprint density at radius 1 is 1.14 bits per heavy atom. The second-order valence-electron chi connectivity index (χ2n) is 5.44. The Bertz CT molecular complexity index is 628. The maximum Gasteiger partial charge on any atom is 0.407 e. The number of hydrogen-bond donors (Lipinski definition) is 2. The topological polar surface area (TPSA) is 50.4 Å². The summed E-state index contributed by atoms with van der Waals surface area (Å²) in [4.78, 5) is 11.7. The lowest BCUT2D eigenvalue weighted by Crippen LogP contribution is -2.26. The van der Waals surface area contributed by atoms with Crippen molar-refractivity contribution in [2.24, 2.45) is 0 Å². The molecule has 22 heavy (non-hydrogen) atoms. The molecule has 0 aliphatic carbocycles. The summed E-state index contributed by atoms with van der Waals surface area (Å²) < 4.78 is 5.20. The lowest BCUT2D eigenvalue weighted by atomic mass is 9.98. The van der Waals surface area contributed by atoms with Crippen LogP contribution in [0.4, 0.5) is 10.5 Å². The Morgan fingerprint density at radius 2 is 1.91 bits per heavy atom. The van der Waals surface area contributed by atoms with E-state index < -0.39 is 0 Å². The first-order chi connectivity index (χ1) is 10.8. The van der Waals surface area contributed by atoms with Crippen molar-refractivity contribution in [2.45, 2.75) is 18.9 Å². The lowest BCUT2D eigenvalue weighted by molar-refractivity contribution is 0.139. The van der Waals surface area contributed by atoms with Gasteiger partial charge in [-0.2, -0.15) is 0 Å². The van der Waals surface area contributed by atoms with Crippen LogP contribution in [0.15, 0.2) is 54.6 Å². The lowest BCUT2D eigenvalue weighted by Gasteiger charge is -2.11. The number of rotatable bonds is 5. The number of hydrogen-bond acceptors (Lipinski definition) is 3. The van der Waals surface area contributed by atoms with Crippen LogP contribution in [0.5, 0.6) is 0 Å². The average molecular weight is 296 g/mol. The number of para-hydroxylation sites is 1. The number of alkyl carbamates (subject to hydrolysis) is 1. The van der Waals surface area contributed by atoms with Crippen LogP contribution in [-0.4, -0.2) is 19.2 Å². The minimum Gasteiger partial charge on any atom is -0.445 e. The molecular formula is C18H20N2O2. The van der Waals surface area contributed by atoms with Gasteiger partial charge in [-0.25, -0.2) is 4.79 Å². The molecule has 0 aromatic heterocycles. The highest BCUT2D eigenvalue weighted by Crippen LogP contribution is 2.32. The SMILES string of the molecule is O=C(NCCC1CNc2ccccc21)OCc1ccccc1. The molecule has 1 aliphatic heterocycles. The van der Waals surface area contributed by atoms with Crippen molar-refractivity contribution in [3.05, 3.63) is 65.7 Å². The van der Waals surface area contributed by atoms with Gasteiger partial charge in [0.15, 0.2) is 0 Å². The number of benzene rings is 2. The second kappa shape index (κ2) is 6.98. The van der Waals surface area contributed by atoms with Crippen LogP contribution in [0, 0.1) is 0 Å². The van der Waals surface area contributed by atoms with Crippen molar-refractivity contribution in [1.29, 1.82) is 0 Å². The van der Waals surface area contributed by atoms with Gasteiger partial charge < -0.3 is 15.4 Å². The summed E-state index contributed by atoms with van der Waals surface area (Å²) in [7, 11) is 0. The van der Waals surface area contributed by atoms with Crippen molar-refractivity contribution in [1.82, 2.24) is 5.32 Å². The molecule has 1 heterocycles. The molecule has 0 radical (unpaired) electrons. The van der Waals surface area contributed by atoms with Gasteiger partial charge in [-0.1, -0.05) is 48.5 Å². The largest absolute Gasteiger partial charge is 0.445 e. The molecule has 1 atom stereocenters. The van der Waals surface area contributed by atoms with Gasteiger partial charge in [0.05, 0.1) is 0 Å². The van der Waals surface area contributed by atoms with Gasteiger partial charge in [0, 0.05) is 24.7 Å². The van der Waals surface area contributed by atoms with E-state index in [1.807, 2.05) is 36.4 Å². The molecular weight excluding hydrogens is 276 g/mol. The Hall–Kier alpha value is -2.49. The van der Waals surface area contributed by atoms with E-state index in [4.69, 9.17) is 4.74 Å². The standard InChI is InChI=1S/C18H20N2O2/c21-18(22-13-14-6-2-1-3-7-14)19-11-10-15-12-20-17-9-5-4-8-16(15)17/h1-9,15,20H,10-13H2,(H,19,21). The van der Waals surface area contributed by atoms with E-state index in [0.717, 1.165) is 18.5 Å². The van der Waals surface area contributed by atoms with Crippen molar-refractivity contribution >= 4 is 11.8 Å². The molecule has 4 heteroatoms. The zero-order valence-corrected chi connectivity index (χ0v) is 12.4. The quantitative estimate of drug-likeness (QED) is 0.887. The maximum atomic E-state index is 11.7. The molecule has 0 saturated carbocycles. The monoisotopic (exact) mass is 296 g/mol. The Balaban J connectivity index is 1.39. The van der Waals surface area contributed by atoms with Crippen molar-refractivity contribution in [3.8, 4) is 0 Å². The molecule has 2 aromatic carbocycles. The van der Waals surface area contributed by atoms with Gasteiger partial charge in [-0.05, 0) is 23.6 Å². The first kappa shape index (κ1) is 14.4. The van der Waals surface area contributed by atoms with Gasteiger partial charge >= 0.3 is 6.09 Å². The fourth-order valence-electron chi connectivity index (χ4n) is 2.74. The van der Waals surface area contributed by atoms with Crippen LogP contribution < -0.4 is 10.6 Å². The number of ether oxygens (including phenoxy) is 1. The predicted molar refractivity (Wildman–Crippen MR) is 86.9 cm³/mol. The highest BCUT2D eigenvalue weighted by molar-refractivity contribution is 5.67. The minimum absolute atomic E-state index is 0.306. The van der Waals surface area contributed by atoms with E-state index in [0.29, 0.717) is 19.1 Å². The van der Waals surface area contributed by atoms with Gasteiger partial charge in [0.25, 0.3) is 0 Å². The summed E-state index contributed by atoms with van der Waals surface area (Å²) in [6.07, 6.45) is 0.549. The van der Waals surface area contributed by atoms with Crippen LogP contribution in [0.2, 0.25) is 0 Å². The first-order valence-corrected chi connectivity index (χ1v) is 7.60.